The first kappa shape index (κ1) is 38.6. The summed E-state index contributed by atoms with van der Waals surface area (Å²) >= 11 is 0. The summed E-state index contributed by atoms with van der Waals surface area (Å²) in [6.07, 6.45) is 36.2. The monoisotopic (exact) mass is 600 g/mol. The van der Waals surface area contributed by atoms with Gasteiger partial charge in [-0.15, -0.1) is 0 Å². The summed E-state index contributed by atoms with van der Waals surface area (Å²) in [6.45, 7) is 6.34. The molecule has 1 heterocycles. The van der Waals surface area contributed by atoms with E-state index in [1.54, 1.807) is 0 Å². The fourth-order valence-electron chi connectivity index (χ4n) is 4.45. The van der Waals surface area contributed by atoms with Crippen LogP contribution in [0.3, 0.4) is 0 Å². The largest absolute Gasteiger partial charge is 0.463 e. The third-order valence-corrected chi connectivity index (χ3v) is 7.11. The van der Waals surface area contributed by atoms with E-state index < -0.39 is 6.10 Å². The molecule has 6 heteroatoms. The second kappa shape index (κ2) is 27.1. The molecule has 0 amide bonds. The number of hydrogen-bond acceptors (Lipinski definition) is 6. The van der Waals surface area contributed by atoms with Gasteiger partial charge in [-0.05, 0) is 57.3 Å². The second-order valence-electron chi connectivity index (χ2n) is 11.8. The van der Waals surface area contributed by atoms with Gasteiger partial charge >= 0.3 is 11.9 Å². The summed E-state index contributed by atoms with van der Waals surface area (Å²) in [5.41, 5.74) is 0. The molecule has 0 radical (unpaired) electrons. The molecule has 0 spiro atoms. The van der Waals surface area contributed by atoms with E-state index in [-0.39, 0.29) is 31.6 Å². The van der Waals surface area contributed by atoms with Gasteiger partial charge in [0.2, 0.25) is 0 Å². The van der Waals surface area contributed by atoms with Gasteiger partial charge in [0, 0.05) is 12.8 Å². The minimum absolute atomic E-state index is 0.146. The van der Waals surface area contributed by atoms with E-state index in [4.69, 9.17) is 14.2 Å². The molecule has 1 N–H and O–H groups in total. The number of hydrogen-bond donors (Lipinski definition) is 1. The van der Waals surface area contributed by atoms with Gasteiger partial charge in [0.15, 0.2) is 0 Å². The highest BCUT2D eigenvalue weighted by Gasteiger charge is 2.35. The highest BCUT2D eigenvalue weighted by Crippen LogP contribution is 2.29. The number of carbonyl (C=O) groups excluding carboxylic acids is 2. The Morgan fingerprint density at radius 2 is 1.16 bits per heavy atom. The van der Waals surface area contributed by atoms with E-state index in [1.165, 1.54) is 25.7 Å². The second-order valence-corrected chi connectivity index (χ2v) is 11.8. The van der Waals surface area contributed by atoms with Crippen LogP contribution in [-0.4, -0.2) is 48.6 Å². The molecule has 1 aliphatic heterocycles. The first-order valence-corrected chi connectivity index (χ1v) is 16.8. The smallest absolute Gasteiger partial charge is 0.306 e. The number of rotatable bonds is 27. The van der Waals surface area contributed by atoms with E-state index in [9.17, 15) is 14.7 Å². The first-order chi connectivity index (χ1) is 20.9. The van der Waals surface area contributed by atoms with E-state index >= 15 is 0 Å². The predicted molar refractivity (Wildman–Crippen MR) is 177 cm³/mol. The Balaban J connectivity index is 1.92. The lowest BCUT2D eigenvalue weighted by molar-refractivity contribution is -0.152. The summed E-state index contributed by atoms with van der Waals surface area (Å²) in [5.74, 6) is 0.0924. The van der Waals surface area contributed by atoms with Gasteiger partial charge in [-0.1, -0.05) is 120 Å². The lowest BCUT2D eigenvalue weighted by atomic mass is 10.0. The third-order valence-electron chi connectivity index (χ3n) is 7.11. The average Bonchev–Trinajstić information content (AvgIpc) is 3.74. The molecule has 0 aliphatic carbocycles. The molecule has 0 saturated carbocycles. The molecule has 244 valence electrons. The van der Waals surface area contributed by atoms with Crippen LogP contribution in [0.5, 0.6) is 0 Å². The zero-order valence-electron chi connectivity index (χ0n) is 27.3. The predicted octanol–water partition coefficient (Wildman–Crippen LogP) is 8.90. The third kappa shape index (κ3) is 25.7. The maximum absolute atomic E-state index is 11.9. The maximum Gasteiger partial charge on any atom is 0.306 e. The van der Waals surface area contributed by atoms with E-state index in [0.717, 1.165) is 63.7 Å². The molecule has 1 aliphatic rings. The van der Waals surface area contributed by atoms with Crippen molar-refractivity contribution in [1.29, 1.82) is 0 Å². The van der Waals surface area contributed by atoms with Gasteiger partial charge < -0.3 is 19.3 Å². The molecule has 0 aromatic carbocycles. The van der Waals surface area contributed by atoms with Crippen LogP contribution < -0.4 is 0 Å². The van der Waals surface area contributed by atoms with Crippen molar-refractivity contribution in [3.8, 4) is 0 Å². The molecule has 2 unspecified atom stereocenters. The molecule has 3 atom stereocenters. The van der Waals surface area contributed by atoms with Gasteiger partial charge in [-0.25, -0.2) is 0 Å². The van der Waals surface area contributed by atoms with Crippen LogP contribution in [0.15, 0.2) is 60.8 Å². The number of aliphatic hydroxyl groups excluding tert-OH is 1. The number of carbonyl (C=O) groups is 2. The fraction of sp³-hybridized carbons (Fsp3) is 0.676. The van der Waals surface area contributed by atoms with Crippen LogP contribution in [-0.2, 0) is 23.8 Å². The Hall–Kier alpha value is -2.44. The number of allylic oxidation sites excluding steroid dienone is 8. The van der Waals surface area contributed by atoms with Crippen LogP contribution in [0.4, 0.5) is 0 Å². The van der Waals surface area contributed by atoms with Crippen molar-refractivity contribution >= 4 is 11.9 Å². The molecule has 0 bridgehead atoms. The fourth-order valence-corrected chi connectivity index (χ4v) is 4.45. The number of epoxide rings is 1. The molecule has 6 nitrogen and oxygen atoms in total. The van der Waals surface area contributed by atoms with Crippen molar-refractivity contribution in [3.63, 3.8) is 0 Å². The van der Waals surface area contributed by atoms with E-state index in [2.05, 4.69) is 69.4 Å². The van der Waals surface area contributed by atoms with Crippen LogP contribution >= 0.6 is 0 Å². The Morgan fingerprint density at radius 3 is 1.74 bits per heavy atom. The highest BCUT2D eigenvalue weighted by atomic mass is 16.6. The van der Waals surface area contributed by atoms with Crippen molar-refractivity contribution in [2.24, 2.45) is 5.92 Å². The minimum atomic E-state index is -0.998. The zero-order chi connectivity index (χ0) is 31.4. The Morgan fingerprint density at radius 1 is 0.674 bits per heavy atom. The molecule has 43 heavy (non-hydrogen) atoms. The molecule has 1 saturated heterocycles. The van der Waals surface area contributed by atoms with Gasteiger partial charge in [0.25, 0.3) is 0 Å². The topological polar surface area (TPSA) is 85.4 Å². The number of unbranched alkanes of at least 4 members (excludes halogenated alkanes) is 5. The lowest BCUT2D eigenvalue weighted by Gasteiger charge is -2.12. The lowest BCUT2D eigenvalue weighted by Crippen LogP contribution is -2.25. The Bertz CT molecular complexity index is 853. The van der Waals surface area contributed by atoms with Gasteiger partial charge in [0.05, 0.1) is 12.2 Å². The quantitative estimate of drug-likeness (QED) is 0.0439. The summed E-state index contributed by atoms with van der Waals surface area (Å²) in [4.78, 5) is 23.7. The van der Waals surface area contributed by atoms with Gasteiger partial charge in [0.1, 0.15) is 19.3 Å². The standard InChI is InChI=1S/C37H60O6/c1-4-5-20-26-34-35(43-34)27-22-17-12-10-8-6-7-9-11-13-18-23-28-36(39)41-30-33(38)31-42-37(40)29-24-19-15-14-16-21-25-32(2)3/h5,7-10,13,17-18,20,22,32-35,38H,4,6,11-12,14-16,19,21,23-31H2,1-3H3/b9-7-,10-8-,18-13-,20-5-,22-17-/t33-,34?,35?/m1/s1. The van der Waals surface area contributed by atoms with Crippen LogP contribution in [0.2, 0.25) is 0 Å². The Kier molecular flexibility index (Phi) is 24.3. The van der Waals surface area contributed by atoms with E-state index in [0.29, 0.717) is 25.0 Å². The SMILES string of the molecule is CC/C=C\CC1OC1C/C=C\C/C=C\C/C=C\C/C=C\CCC(=O)OC[C@@H](O)COC(=O)CCCCCCCCC(C)C. The van der Waals surface area contributed by atoms with Crippen molar-refractivity contribution in [2.45, 2.75) is 142 Å². The molecule has 0 aromatic rings. The summed E-state index contributed by atoms with van der Waals surface area (Å²) < 4.78 is 15.9. The molecule has 1 fully saturated rings. The molecule has 0 aromatic heterocycles. The van der Waals surface area contributed by atoms with Crippen molar-refractivity contribution in [2.75, 3.05) is 13.2 Å². The first-order valence-electron chi connectivity index (χ1n) is 16.8. The normalized spacial score (nSPS) is 17.8. The van der Waals surface area contributed by atoms with Crippen LogP contribution in [0, 0.1) is 5.92 Å². The number of esters is 2. The van der Waals surface area contributed by atoms with Gasteiger partial charge in [-0.2, -0.15) is 0 Å². The molecule has 1 rings (SSSR count). The molecular weight excluding hydrogens is 540 g/mol. The van der Waals surface area contributed by atoms with Crippen LogP contribution in [0.25, 0.3) is 0 Å². The number of ether oxygens (including phenoxy) is 3. The summed E-state index contributed by atoms with van der Waals surface area (Å²) in [7, 11) is 0. The summed E-state index contributed by atoms with van der Waals surface area (Å²) in [5, 5.41) is 9.93. The average molecular weight is 601 g/mol. The molecular formula is C37H60O6. The number of aliphatic hydroxyl groups is 1. The summed E-state index contributed by atoms with van der Waals surface area (Å²) in [6, 6.07) is 0. The van der Waals surface area contributed by atoms with Crippen molar-refractivity contribution in [3.05, 3.63) is 60.8 Å². The maximum atomic E-state index is 11.9. The minimum Gasteiger partial charge on any atom is -0.463 e. The zero-order valence-corrected chi connectivity index (χ0v) is 27.3. The van der Waals surface area contributed by atoms with Crippen molar-refractivity contribution in [1.82, 2.24) is 0 Å². The Labute approximate surface area is 262 Å². The van der Waals surface area contributed by atoms with Gasteiger partial charge in [-0.3, -0.25) is 9.59 Å². The van der Waals surface area contributed by atoms with E-state index in [1.807, 2.05) is 12.2 Å². The van der Waals surface area contributed by atoms with Crippen LogP contribution in [0.1, 0.15) is 124 Å². The highest BCUT2D eigenvalue weighted by molar-refractivity contribution is 5.70. The van der Waals surface area contributed by atoms with Crippen molar-refractivity contribution < 1.29 is 28.9 Å².